The summed E-state index contributed by atoms with van der Waals surface area (Å²) in [6.07, 6.45) is 8.22. The van der Waals surface area contributed by atoms with Crippen LogP contribution in [0.15, 0.2) is 24.3 Å². The lowest BCUT2D eigenvalue weighted by Crippen LogP contribution is -2.27. The van der Waals surface area contributed by atoms with Crippen molar-refractivity contribution in [2.75, 3.05) is 7.05 Å². The van der Waals surface area contributed by atoms with Crippen molar-refractivity contribution in [2.45, 2.75) is 58.4 Å². The minimum absolute atomic E-state index is 0.549. The maximum atomic E-state index is 3.57. The van der Waals surface area contributed by atoms with Crippen molar-refractivity contribution in [1.29, 1.82) is 0 Å². The molecule has 1 heteroatoms. The van der Waals surface area contributed by atoms with Gasteiger partial charge in [0.05, 0.1) is 0 Å². The highest BCUT2D eigenvalue weighted by Crippen LogP contribution is 2.34. The Kier molecular flexibility index (Phi) is 5.45. The summed E-state index contributed by atoms with van der Waals surface area (Å²) in [5.74, 6) is 1.56. The van der Waals surface area contributed by atoms with Gasteiger partial charge in [-0.3, -0.25) is 0 Å². The van der Waals surface area contributed by atoms with Gasteiger partial charge in [0.2, 0.25) is 0 Å². The molecule has 1 nitrogen and oxygen atoms in total. The van der Waals surface area contributed by atoms with Crippen molar-refractivity contribution < 1.29 is 0 Å². The molecule has 2 rings (SSSR count). The zero-order valence-corrected chi connectivity index (χ0v) is 12.8. The topological polar surface area (TPSA) is 12.0 Å². The molecule has 1 fully saturated rings. The lowest BCUT2D eigenvalue weighted by Gasteiger charge is -2.30. The molecule has 1 aromatic carbocycles. The number of rotatable bonds is 5. The summed E-state index contributed by atoms with van der Waals surface area (Å²) < 4.78 is 0. The van der Waals surface area contributed by atoms with E-state index >= 15 is 0 Å². The van der Waals surface area contributed by atoms with E-state index in [9.17, 15) is 0 Å². The highest BCUT2D eigenvalue weighted by molar-refractivity contribution is 5.27. The summed E-state index contributed by atoms with van der Waals surface area (Å²) in [7, 11) is 2.12. The van der Waals surface area contributed by atoms with Gasteiger partial charge in [-0.15, -0.1) is 0 Å². The van der Waals surface area contributed by atoms with Crippen LogP contribution in [0.25, 0.3) is 0 Å². The molecule has 0 aromatic heterocycles. The average molecular weight is 259 g/mol. The van der Waals surface area contributed by atoms with Crippen molar-refractivity contribution in [3.8, 4) is 0 Å². The second-order valence-electron chi connectivity index (χ2n) is 6.51. The molecule has 19 heavy (non-hydrogen) atoms. The Balaban J connectivity index is 2.12. The van der Waals surface area contributed by atoms with Crippen LogP contribution in [0.3, 0.4) is 0 Å². The van der Waals surface area contributed by atoms with E-state index in [1.807, 2.05) is 0 Å². The van der Waals surface area contributed by atoms with Crippen LogP contribution < -0.4 is 5.32 Å². The fourth-order valence-electron chi connectivity index (χ4n) is 3.53. The molecule has 1 unspecified atom stereocenters. The van der Waals surface area contributed by atoms with Crippen molar-refractivity contribution >= 4 is 0 Å². The van der Waals surface area contributed by atoms with Gasteiger partial charge in [-0.2, -0.15) is 0 Å². The molecule has 1 saturated carbocycles. The molecule has 1 aliphatic carbocycles. The van der Waals surface area contributed by atoms with Gasteiger partial charge in [-0.25, -0.2) is 0 Å². The molecule has 0 heterocycles. The minimum Gasteiger partial charge on any atom is -0.313 e. The first-order chi connectivity index (χ1) is 9.20. The number of benzene rings is 1. The average Bonchev–Trinajstić information content (AvgIpc) is 2.40. The molecule has 0 amide bonds. The second kappa shape index (κ2) is 7.09. The zero-order chi connectivity index (χ0) is 13.7. The molecule has 106 valence electrons. The predicted octanol–water partition coefficient (Wildman–Crippen LogP) is 4.73. The molecular formula is C18H29N. The van der Waals surface area contributed by atoms with Gasteiger partial charge >= 0.3 is 0 Å². The van der Waals surface area contributed by atoms with Gasteiger partial charge in [0.1, 0.15) is 0 Å². The Morgan fingerprint density at radius 3 is 2.53 bits per heavy atom. The van der Waals surface area contributed by atoms with Crippen LogP contribution in [0.1, 0.15) is 63.1 Å². The second-order valence-corrected chi connectivity index (χ2v) is 6.51. The quantitative estimate of drug-likeness (QED) is 0.806. The third-order valence-corrected chi connectivity index (χ3v) is 4.39. The Hall–Kier alpha value is -0.820. The molecule has 1 aromatic rings. The van der Waals surface area contributed by atoms with E-state index < -0.39 is 0 Å². The first-order valence-corrected chi connectivity index (χ1v) is 7.97. The van der Waals surface area contributed by atoms with Crippen molar-refractivity contribution in [3.63, 3.8) is 0 Å². The van der Waals surface area contributed by atoms with E-state index in [0.29, 0.717) is 6.04 Å². The fraction of sp³-hybridized carbons (Fsp3) is 0.667. The summed E-state index contributed by atoms with van der Waals surface area (Å²) in [6.45, 7) is 4.59. The number of nitrogens with one attached hydrogen (secondary N) is 1. The molecule has 1 aliphatic rings. The summed E-state index contributed by atoms with van der Waals surface area (Å²) >= 11 is 0. The SMILES string of the molecule is CNC(c1cccc(CC(C)C)c1)C1CCCCC1. The maximum absolute atomic E-state index is 3.57. The van der Waals surface area contributed by atoms with Crippen molar-refractivity contribution in [3.05, 3.63) is 35.4 Å². The van der Waals surface area contributed by atoms with Gasteiger partial charge < -0.3 is 5.32 Å². The largest absolute Gasteiger partial charge is 0.313 e. The van der Waals surface area contributed by atoms with E-state index in [-0.39, 0.29) is 0 Å². The third-order valence-electron chi connectivity index (χ3n) is 4.39. The van der Waals surface area contributed by atoms with E-state index in [1.165, 1.54) is 49.7 Å². The van der Waals surface area contributed by atoms with Gasteiger partial charge in [-0.05, 0) is 49.3 Å². The van der Waals surface area contributed by atoms with Crippen LogP contribution in [-0.2, 0) is 6.42 Å². The first-order valence-electron chi connectivity index (χ1n) is 7.97. The fourth-order valence-corrected chi connectivity index (χ4v) is 3.53. The van der Waals surface area contributed by atoms with Crippen molar-refractivity contribution in [2.24, 2.45) is 11.8 Å². The van der Waals surface area contributed by atoms with Crippen molar-refractivity contribution in [1.82, 2.24) is 5.32 Å². The lowest BCUT2D eigenvalue weighted by molar-refractivity contribution is 0.281. The van der Waals surface area contributed by atoms with Crippen LogP contribution in [0.5, 0.6) is 0 Å². The molecule has 1 atom stereocenters. The Bertz CT molecular complexity index is 377. The standard InChI is InChI=1S/C18H29N/c1-14(2)12-15-8-7-11-17(13-15)18(19-3)16-9-5-4-6-10-16/h7-8,11,13-14,16,18-19H,4-6,9-10,12H2,1-3H3. The molecule has 0 bridgehead atoms. The Labute approximate surface area is 118 Å². The summed E-state index contributed by atoms with van der Waals surface area (Å²) in [5, 5.41) is 3.57. The number of hydrogen-bond donors (Lipinski definition) is 1. The molecule has 0 spiro atoms. The summed E-state index contributed by atoms with van der Waals surface area (Å²) in [6, 6.07) is 9.79. The first kappa shape index (κ1) is 14.6. The Morgan fingerprint density at radius 1 is 1.16 bits per heavy atom. The molecule has 1 N–H and O–H groups in total. The maximum Gasteiger partial charge on any atom is 0.0346 e. The van der Waals surface area contributed by atoms with E-state index in [0.717, 1.165) is 11.8 Å². The monoisotopic (exact) mass is 259 g/mol. The smallest absolute Gasteiger partial charge is 0.0346 e. The third kappa shape index (κ3) is 4.07. The van der Waals surface area contributed by atoms with Gasteiger partial charge in [0.25, 0.3) is 0 Å². The van der Waals surface area contributed by atoms with E-state index in [1.54, 1.807) is 0 Å². The van der Waals surface area contributed by atoms with E-state index in [4.69, 9.17) is 0 Å². The van der Waals surface area contributed by atoms with Crippen LogP contribution in [0.4, 0.5) is 0 Å². The van der Waals surface area contributed by atoms with Crippen LogP contribution in [-0.4, -0.2) is 7.05 Å². The minimum atomic E-state index is 0.549. The zero-order valence-electron chi connectivity index (χ0n) is 12.8. The molecule has 0 saturated heterocycles. The normalized spacial score (nSPS) is 18.7. The molecular weight excluding hydrogens is 230 g/mol. The van der Waals surface area contributed by atoms with Crippen LogP contribution in [0, 0.1) is 11.8 Å². The number of hydrogen-bond acceptors (Lipinski definition) is 1. The Morgan fingerprint density at radius 2 is 1.89 bits per heavy atom. The molecule has 0 aliphatic heterocycles. The predicted molar refractivity (Wildman–Crippen MR) is 83.4 cm³/mol. The summed E-state index contributed by atoms with van der Waals surface area (Å²) in [5.41, 5.74) is 2.98. The van der Waals surface area contributed by atoms with Gasteiger partial charge in [0, 0.05) is 6.04 Å². The van der Waals surface area contributed by atoms with E-state index in [2.05, 4.69) is 50.5 Å². The lowest BCUT2D eigenvalue weighted by atomic mass is 9.81. The molecule has 0 radical (unpaired) electrons. The van der Waals surface area contributed by atoms with Crippen LogP contribution in [0.2, 0.25) is 0 Å². The van der Waals surface area contributed by atoms with Crippen LogP contribution >= 0.6 is 0 Å². The summed E-state index contributed by atoms with van der Waals surface area (Å²) in [4.78, 5) is 0. The van der Waals surface area contributed by atoms with Gasteiger partial charge in [-0.1, -0.05) is 57.4 Å². The van der Waals surface area contributed by atoms with Gasteiger partial charge in [0.15, 0.2) is 0 Å². The highest BCUT2D eigenvalue weighted by Gasteiger charge is 2.23. The highest BCUT2D eigenvalue weighted by atomic mass is 14.9.